The van der Waals surface area contributed by atoms with Crippen molar-refractivity contribution >= 4 is 53.7 Å². The third kappa shape index (κ3) is 3.45. The van der Waals surface area contributed by atoms with Crippen LogP contribution < -0.4 is 10.6 Å². The average molecular weight is 384 g/mol. The first-order chi connectivity index (χ1) is 11.0. The van der Waals surface area contributed by atoms with E-state index in [0.717, 1.165) is 15.9 Å². The molecule has 0 unspecified atom stereocenters. The average Bonchev–Trinajstić information content (AvgIpc) is 3.13. The fourth-order valence-electron chi connectivity index (χ4n) is 2.53. The van der Waals surface area contributed by atoms with Gasteiger partial charge in [0.25, 0.3) is 5.91 Å². The first-order valence-electron chi connectivity index (χ1n) is 7.16. The zero-order valence-electron chi connectivity index (χ0n) is 13.7. The van der Waals surface area contributed by atoms with Crippen LogP contribution in [-0.2, 0) is 13.5 Å². The zero-order valence-corrected chi connectivity index (χ0v) is 15.3. The van der Waals surface area contributed by atoms with Crippen LogP contribution in [0.4, 0.5) is 5.95 Å². The molecule has 0 aliphatic carbocycles. The first kappa shape index (κ1) is 20.5. The molecule has 0 bridgehead atoms. The lowest BCUT2D eigenvalue weighted by atomic mass is 10.2. The van der Waals surface area contributed by atoms with Crippen LogP contribution in [-0.4, -0.2) is 31.6 Å². The standard InChI is InChI=1S/C15H17N7O.2ClH/c1-3-10-9(8-18-20-10)13(23)22(14(16)17)15-19-11-6-4-5-7-12(11)21(15)2;;/h4-8H,3H2,1-2H3,(H3,16,17)(H,18,20);2*1H. The Morgan fingerprint density at radius 2 is 2.04 bits per heavy atom. The Morgan fingerprint density at radius 1 is 1.36 bits per heavy atom. The number of carbonyl (C=O) groups excluding carboxylic acids is 1. The van der Waals surface area contributed by atoms with Crippen LogP contribution in [0.1, 0.15) is 23.0 Å². The number of aromatic amines is 1. The molecule has 0 aliphatic heterocycles. The molecule has 0 spiro atoms. The lowest BCUT2D eigenvalue weighted by Crippen LogP contribution is -2.43. The lowest BCUT2D eigenvalue weighted by Gasteiger charge is -2.19. The second-order valence-corrected chi connectivity index (χ2v) is 5.10. The number of hydrogen-bond donors (Lipinski definition) is 3. The quantitative estimate of drug-likeness (QED) is 0.474. The predicted molar refractivity (Wildman–Crippen MR) is 102 cm³/mol. The third-order valence-corrected chi connectivity index (χ3v) is 3.71. The molecule has 1 aromatic carbocycles. The van der Waals surface area contributed by atoms with Gasteiger partial charge in [0.2, 0.25) is 11.9 Å². The molecule has 2 aromatic heterocycles. The molecule has 0 fully saturated rings. The number of nitrogens with one attached hydrogen (secondary N) is 2. The number of hydrogen-bond acceptors (Lipinski definition) is 4. The van der Waals surface area contributed by atoms with Gasteiger partial charge in [-0.25, -0.2) is 9.88 Å². The predicted octanol–water partition coefficient (Wildman–Crippen LogP) is 2.24. The second-order valence-electron chi connectivity index (χ2n) is 5.10. The summed E-state index contributed by atoms with van der Waals surface area (Å²) in [6, 6.07) is 7.49. The molecule has 25 heavy (non-hydrogen) atoms. The van der Waals surface area contributed by atoms with Gasteiger partial charge in [-0.1, -0.05) is 19.1 Å². The summed E-state index contributed by atoms with van der Waals surface area (Å²) in [4.78, 5) is 18.4. The van der Waals surface area contributed by atoms with E-state index in [2.05, 4.69) is 15.2 Å². The number of amides is 1. The maximum absolute atomic E-state index is 12.8. The number of nitrogens with two attached hydrogens (primary N) is 1. The van der Waals surface area contributed by atoms with Crippen molar-refractivity contribution in [2.75, 3.05) is 4.90 Å². The van der Waals surface area contributed by atoms with Gasteiger partial charge in [-0.2, -0.15) is 5.10 Å². The Bertz CT molecular complexity index is 902. The minimum absolute atomic E-state index is 0. The smallest absolute Gasteiger partial charge is 0.271 e. The van der Waals surface area contributed by atoms with Gasteiger partial charge in [0.1, 0.15) is 0 Å². The van der Waals surface area contributed by atoms with E-state index in [9.17, 15) is 4.79 Å². The van der Waals surface area contributed by atoms with Gasteiger partial charge in [0, 0.05) is 12.7 Å². The summed E-state index contributed by atoms with van der Waals surface area (Å²) in [7, 11) is 1.78. The van der Waals surface area contributed by atoms with E-state index in [1.165, 1.54) is 6.20 Å². The van der Waals surface area contributed by atoms with Crippen molar-refractivity contribution in [2.45, 2.75) is 13.3 Å². The summed E-state index contributed by atoms with van der Waals surface area (Å²) in [6.07, 6.45) is 2.06. The Labute approximate surface area is 156 Å². The van der Waals surface area contributed by atoms with Gasteiger partial charge in [-0.15, -0.1) is 24.8 Å². The number of aromatic nitrogens is 4. The van der Waals surface area contributed by atoms with E-state index in [1.54, 1.807) is 11.6 Å². The van der Waals surface area contributed by atoms with Gasteiger partial charge < -0.3 is 10.3 Å². The number of nitrogens with zero attached hydrogens (tertiary/aromatic N) is 4. The molecule has 0 radical (unpaired) electrons. The molecule has 0 saturated heterocycles. The molecule has 2 heterocycles. The van der Waals surface area contributed by atoms with Crippen molar-refractivity contribution in [2.24, 2.45) is 12.8 Å². The number of anilines is 1. The van der Waals surface area contributed by atoms with Gasteiger partial charge in [0.05, 0.1) is 22.8 Å². The van der Waals surface area contributed by atoms with Crippen LogP contribution in [0.2, 0.25) is 0 Å². The second kappa shape index (κ2) is 8.00. The molecule has 4 N–H and O–H groups in total. The molecule has 134 valence electrons. The molecule has 8 nitrogen and oxygen atoms in total. The Balaban J connectivity index is 0.00000156. The number of rotatable bonds is 3. The Kier molecular flexibility index (Phi) is 6.55. The SMILES string of the molecule is CCc1[nH]ncc1C(=O)N(C(=N)N)c1nc2ccccc2n1C.Cl.Cl. The molecule has 3 aromatic rings. The highest BCUT2D eigenvalue weighted by Gasteiger charge is 2.27. The number of imidazole rings is 1. The van der Waals surface area contributed by atoms with Gasteiger partial charge in [-0.3, -0.25) is 15.3 Å². The molecular formula is C15H19Cl2N7O. The highest BCUT2D eigenvalue weighted by Crippen LogP contribution is 2.23. The lowest BCUT2D eigenvalue weighted by molar-refractivity contribution is 0.0999. The molecule has 1 amide bonds. The van der Waals surface area contributed by atoms with Crippen LogP contribution in [0.3, 0.4) is 0 Å². The fraction of sp³-hybridized carbons (Fsp3) is 0.200. The number of benzene rings is 1. The van der Waals surface area contributed by atoms with E-state index in [0.29, 0.717) is 23.6 Å². The minimum Gasteiger partial charge on any atom is -0.369 e. The maximum atomic E-state index is 12.8. The monoisotopic (exact) mass is 383 g/mol. The summed E-state index contributed by atoms with van der Waals surface area (Å²) in [6.45, 7) is 1.91. The van der Waals surface area contributed by atoms with Crippen molar-refractivity contribution < 1.29 is 4.79 Å². The normalized spacial score (nSPS) is 10.0. The van der Waals surface area contributed by atoms with Crippen LogP contribution in [0.25, 0.3) is 11.0 Å². The Hall–Kier alpha value is -2.58. The van der Waals surface area contributed by atoms with E-state index >= 15 is 0 Å². The summed E-state index contributed by atoms with van der Waals surface area (Å²) < 4.78 is 1.74. The van der Waals surface area contributed by atoms with Crippen molar-refractivity contribution in [3.8, 4) is 0 Å². The van der Waals surface area contributed by atoms with Crippen LogP contribution in [0.15, 0.2) is 30.5 Å². The van der Waals surface area contributed by atoms with Gasteiger partial charge in [-0.05, 0) is 18.6 Å². The topological polar surface area (TPSA) is 117 Å². The van der Waals surface area contributed by atoms with E-state index in [1.807, 2.05) is 31.2 Å². The number of aryl methyl sites for hydroxylation is 2. The third-order valence-electron chi connectivity index (χ3n) is 3.71. The molecule has 0 saturated carbocycles. The molecular weight excluding hydrogens is 365 g/mol. The Morgan fingerprint density at radius 3 is 2.64 bits per heavy atom. The van der Waals surface area contributed by atoms with Gasteiger partial charge in [0.15, 0.2) is 0 Å². The number of fused-ring (bicyclic) bond motifs is 1. The fourth-order valence-corrected chi connectivity index (χ4v) is 2.53. The maximum Gasteiger partial charge on any atom is 0.271 e. The van der Waals surface area contributed by atoms with Crippen LogP contribution in [0.5, 0.6) is 0 Å². The number of guanidine groups is 1. The molecule has 10 heteroatoms. The van der Waals surface area contributed by atoms with Crippen molar-refractivity contribution in [3.05, 3.63) is 41.7 Å². The number of carbonyl (C=O) groups is 1. The van der Waals surface area contributed by atoms with E-state index in [-0.39, 0.29) is 24.8 Å². The van der Waals surface area contributed by atoms with E-state index < -0.39 is 11.9 Å². The summed E-state index contributed by atoms with van der Waals surface area (Å²) in [5.74, 6) is -0.523. The largest absolute Gasteiger partial charge is 0.369 e. The molecule has 0 aliphatic rings. The number of para-hydroxylation sites is 2. The van der Waals surface area contributed by atoms with Crippen molar-refractivity contribution in [1.29, 1.82) is 5.41 Å². The highest BCUT2D eigenvalue weighted by atomic mass is 35.5. The van der Waals surface area contributed by atoms with E-state index in [4.69, 9.17) is 11.1 Å². The van der Waals surface area contributed by atoms with Crippen molar-refractivity contribution in [3.63, 3.8) is 0 Å². The van der Waals surface area contributed by atoms with Crippen LogP contribution in [0, 0.1) is 5.41 Å². The summed E-state index contributed by atoms with van der Waals surface area (Å²) in [5.41, 5.74) is 8.32. The number of halogens is 2. The zero-order chi connectivity index (χ0) is 16.6. The molecule has 0 atom stereocenters. The number of H-pyrrole nitrogens is 1. The van der Waals surface area contributed by atoms with Crippen LogP contribution >= 0.6 is 24.8 Å². The van der Waals surface area contributed by atoms with Crippen molar-refractivity contribution in [1.82, 2.24) is 19.7 Å². The first-order valence-corrected chi connectivity index (χ1v) is 7.16. The highest BCUT2D eigenvalue weighted by molar-refractivity contribution is 6.20. The molecule has 3 rings (SSSR count). The summed E-state index contributed by atoms with van der Waals surface area (Å²) in [5, 5.41) is 14.5. The summed E-state index contributed by atoms with van der Waals surface area (Å²) >= 11 is 0. The van der Waals surface area contributed by atoms with Gasteiger partial charge >= 0.3 is 0 Å². The minimum atomic E-state index is -0.429.